The lowest BCUT2D eigenvalue weighted by Crippen LogP contribution is -2.41. The van der Waals surface area contributed by atoms with Gasteiger partial charge >= 0.3 is 0 Å². The Labute approximate surface area is 163 Å². The predicted octanol–water partition coefficient (Wildman–Crippen LogP) is 2.97. The van der Waals surface area contributed by atoms with Crippen molar-refractivity contribution in [3.05, 3.63) is 47.0 Å². The summed E-state index contributed by atoms with van der Waals surface area (Å²) in [4.78, 5) is 12.5. The largest absolute Gasteiger partial charge is 0.496 e. The minimum Gasteiger partial charge on any atom is -0.496 e. The van der Waals surface area contributed by atoms with Crippen LogP contribution in [-0.2, 0) is 14.8 Å². The van der Waals surface area contributed by atoms with Gasteiger partial charge in [0.2, 0.25) is 15.9 Å². The van der Waals surface area contributed by atoms with Crippen molar-refractivity contribution >= 4 is 33.2 Å². The zero-order chi connectivity index (χ0) is 20.2. The molecule has 27 heavy (non-hydrogen) atoms. The maximum atomic E-state index is 12.6. The van der Waals surface area contributed by atoms with Crippen LogP contribution in [-0.4, -0.2) is 34.6 Å². The van der Waals surface area contributed by atoms with Gasteiger partial charge in [0, 0.05) is 5.02 Å². The molecule has 0 spiro atoms. The summed E-state index contributed by atoms with van der Waals surface area (Å²) in [5.41, 5.74) is 1.02. The maximum absolute atomic E-state index is 12.6. The minimum atomic E-state index is -3.89. The molecule has 2 N–H and O–H groups in total. The van der Waals surface area contributed by atoms with Gasteiger partial charge in [0.25, 0.3) is 0 Å². The lowest BCUT2D eigenvalue weighted by atomic mass is 10.2. The highest BCUT2D eigenvalue weighted by molar-refractivity contribution is 7.89. The second-order valence-corrected chi connectivity index (χ2v) is 7.96. The molecule has 0 unspecified atom stereocenters. The number of hydrogen-bond acceptors (Lipinski definition) is 5. The quantitative estimate of drug-likeness (QED) is 0.729. The van der Waals surface area contributed by atoms with Gasteiger partial charge in [0.05, 0.1) is 30.8 Å². The molecule has 0 aliphatic carbocycles. The average molecular weight is 413 g/mol. The van der Waals surface area contributed by atoms with Gasteiger partial charge in [0.1, 0.15) is 11.5 Å². The Morgan fingerprint density at radius 1 is 1.07 bits per heavy atom. The van der Waals surface area contributed by atoms with Gasteiger partial charge in [-0.3, -0.25) is 4.79 Å². The number of aryl methyl sites for hydroxylation is 1. The number of carbonyl (C=O) groups is 1. The number of sulfonamides is 1. The van der Waals surface area contributed by atoms with Crippen LogP contribution in [0.3, 0.4) is 0 Å². The zero-order valence-corrected chi connectivity index (χ0v) is 16.9. The lowest BCUT2D eigenvalue weighted by molar-refractivity contribution is -0.117. The van der Waals surface area contributed by atoms with Crippen LogP contribution in [0.5, 0.6) is 11.5 Å². The summed E-state index contributed by atoms with van der Waals surface area (Å²) in [7, 11) is -0.931. The fraction of sp³-hybridized carbons (Fsp3) is 0.278. The lowest BCUT2D eigenvalue weighted by Gasteiger charge is -2.16. The van der Waals surface area contributed by atoms with Crippen LogP contribution in [0.25, 0.3) is 0 Å². The Bertz CT molecular complexity index is 947. The van der Waals surface area contributed by atoms with Crippen molar-refractivity contribution in [3.63, 3.8) is 0 Å². The number of hydrogen-bond donors (Lipinski definition) is 2. The fourth-order valence-corrected chi connectivity index (χ4v) is 3.85. The van der Waals surface area contributed by atoms with Crippen molar-refractivity contribution < 1.29 is 22.7 Å². The van der Waals surface area contributed by atoms with Crippen molar-refractivity contribution in [2.45, 2.75) is 24.8 Å². The molecule has 7 nitrogen and oxygen atoms in total. The third kappa shape index (κ3) is 5.12. The van der Waals surface area contributed by atoms with E-state index in [1.807, 2.05) is 0 Å². The van der Waals surface area contributed by atoms with Crippen LogP contribution in [0.15, 0.2) is 41.3 Å². The molecule has 0 aliphatic rings. The second-order valence-electron chi connectivity index (χ2n) is 5.81. The van der Waals surface area contributed by atoms with Crippen LogP contribution in [0.1, 0.15) is 12.5 Å². The van der Waals surface area contributed by atoms with Gasteiger partial charge in [0.15, 0.2) is 0 Å². The van der Waals surface area contributed by atoms with E-state index in [9.17, 15) is 13.2 Å². The van der Waals surface area contributed by atoms with Gasteiger partial charge in [-0.25, -0.2) is 8.42 Å². The number of benzene rings is 2. The van der Waals surface area contributed by atoms with Crippen LogP contribution in [0, 0.1) is 6.92 Å². The molecule has 1 amide bonds. The number of nitrogens with one attached hydrogen (secondary N) is 2. The van der Waals surface area contributed by atoms with Gasteiger partial charge in [-0.2, -0.15) is 4.72 Å². The van der Waals surface area contributed by atoms with Crippen LogP contribution >= 0.6 is 11.6 Å². The summed E-state index contributed by atoms with van der Waals surface area (Å²) in [6.45, 7) is 3.18. The standard InChI is InChI=1S/C18H21ClN2O5S/c1-11-9-14(6-8-16(11)25-3)27(23,24)21-12(2)18(22)20-15-10-13(19)5-7-17(15)26-4/h5-10,12,21H,1-4H3,(H,20,22)/t12-/m0/s1. The van der Waals surface area contributed by atoms with Crippen LogP contribution in [0.2, 0.25) is 5.02 Å². The molecule has 0 radical (unpaired) electrons. The van der Waals surface area contributed by atoms with E-state index in [1.165, 1.54) is 39.3 Å². The van der Waals surface area contributed by atoms with Crippen molar-refractivity contribution in [2.75, 3.05) is 19.5 Å². The Morgan fingerprint density at radius 3 is 2.30 bits per heavy atom. The highest BCUT2D eigenvalue weighted by Gasteiger charge is 2.23. The molecule has 0 bridgehead atoms. The summed E-state index contributed by atoms with van der Waals surface area (Å²) >= 11 is 5.93. The average Bonchev–Trinajstić information content (AvgIpc) is 2.61. The predicted molar refractivity (Wildman–Crippen MR) is 104 cm³/mol. The molecular weight excluding hydrogens is 392 g/mol. The molecule has 0 saturated heterocycles. The number of carbonyl (C=O) groups excluding carboxylic acids is 1. The summed E-state index contributed by atoms with van der Waals surface area (Å²) in [6.07, 6.45) is 0. The molecule has 0 heterocycles. The molecule has 1 atom stereocenters. The second kappa shape index (κ2) is 8.60. The molecule has 0 aliphatic heterocycles. The Morgan fingerprint density at radius 2 is 1.70 bits per heavy atom. The van der Waals surface area contributed by atoms with E-state index in [4.69, 9.17) is 21.1 Å². The van der Waals surface area contributed by atoms with Crippen molar-refractivity contribution in [3.8, 4) is 11.5 Å². The first-order valence-corrected chi connectivity index (χ1v) is 9.85. The first-order chi connectivity index (χ1) is 12.7. The topological polar surface area (TPSA) is 93.7 Å². The first kappa shape index (κ1) is 21.0. The molecule has 9 heteroatoms. The fourth-order valence-electron chi connectivity index (χ4n) is 2.39. The number of amides is 1. The van der Waals surface area contributed by atoms with E-state index in [2.05, 4.69) is 10.0 Å². The van der Waals surface area contributed by atoms with Gasteiger partial charge in [-0.1, -0.05) is 11.6 Å². The molecule has 2 aromatic rings. The van der Waals surface area contributed by atoms with Crippen molar-refractivity contribution in [1.82, 2.24) is 4.72 Å². The van der Waals surface area contributed by atoms with E-state index in [-0.39, 0.29) is 4.90 Å². The normalized spacial score (nSPS) is 12.3. The highest BCUT2D eigenvalue weighted by atomic mass is 35.5. The van der Waals surface area contributed by atoms with Gasteiger partial charge < -0.3 is 14.8 Å². The number of ether oxygens (including phenoxy) is 2. The number of methoxy groups -OCH3 is 2. The highest BCUT2D eigenvalue weighted by Crippen LogP contribution is 2.28. The SMILES string of the molecule is COc1ccc(S(=O)(=O)N[C@@H](C)C(=O)Nc2cc(Cl)ccc2OC)cc1C. The molecule has 2 aromatic carbocycles. The van der Waals surface area contributed by atoms with Gasteiger partial charge in [-0.15, -0.1) is 0 Å². The van der Waals surface area contributed by atoms with E-state index in [1.54, 1.807) is 25.1 Å². The molecular formula is C18H21ClN2O5S. The first-order valence-electron chi connectivity index (χ1n) is 7.99. The molecule has 2 rings (SSSR count). The van der Waals surface area contributed by atoms with E-state index >= 15 is 0 Å². The molecule has 0 aromatic heterocycles. The van der Waals surface area contributed by atoms with E-state index < -0.39 is 22.0 Å². The summed E-state index contributed by atoms with van der Waals surface area (Å²) in [6, 6.07) is 8.17. The number of halogens is 1. The number of rotatable bonds is 7. The Balaban J connectivity index is 2.16. The van der Waals surface area contributed by atoms with Gasteiger partial charge in [-0.05, 0) is 55.8 Å². The van der Waals surface area contributed by atoms with Crippen LogP contribution < -0.4 is 19.5 Å². The summed E-state index contributed by atoms with van der Waals surface area (Å²) in [5.74, 6) is 0.436. The van der Waals surface area contributed by atoms with Crippen molar-refractivity contribution in [2.24, 2.45) is 0 Å². The van der Waals surface area contributed by atoms with Crippen LogP contribution in [0.4, 0.5) is 5.69 Å². The Kier molecular flexibility index (Phi) is 6.69. The summed E-state index contributed by atoms with van der Waals surface area (Å²) < 4.78 is 37.7. The zero-order valence-electron chi connectivity index (χ0n) is 15.4. The van der Waals surface area contributed by atoms with E-state index in [0.29, 0.717) is 27.8 Å². The Hall–Kier alpha value is -2.29. The third-order valence-corrected chi connectivity index (χ3v) is 5.59. The molecule has 146 valence electrons. The van der Waals surface area contributed by atoms with Crippen molar-refractivity contribution in [1.29, 1.82) is 0 Å². The number of anilines is 1. The van der Waals surface area contributed by atoms with E-state index in [0.717, 1.165) is 0 Å². The molecule has 0 saturated carbocycles. The third-order valence-electron chi connectivity index (χ3n) is 3.82. The molecule has 0 fully saturated rings. The smallest absolute Gasteiger partial charge is 0.242 e. The minimum absolute atomic E-state index is 0.0424. The maximum Gasteiger partial charge on any atom is 0.242 e. The monoisotopic (exact) mass is 412 g/mol. The summed E-state index contributed by atoms with van der Waals surface area (Å²) in [5, 5.41) is 3.02.